The van der Waals surface area contributed by atoms with E-state index in [-0.39, 0.29) is 12.5 Å². The Morgan fingerprint density at radius 1 is 1.47 bits per heavy atom. The van der Waals surface area contributed by atoms with Crippen molar-refractivity contribution in [2.24, 2.45) is 0 Å². The summed E-state index contributed by atoms with van der Waals surface area (Å²) in [4.78, 5) is 13.8. The number of carbonyl (C=O) groups is 1. The van der Waals surface area contributed by atoms with E-state index in [4.69, 9.17) is 5.11 Å². The van der Waals surface area contributed by atoms with Crippen LogP contribution >= 0.6 is 31.9 Å². The first-order valence-electron chi connectivity index (χ1n) is 5.06. The van der Waals surface area contributed by atoms with Crippen molar-refractivity contribution in [3.05, 3.63) is 45.4 Å². The van der Waals surface area contributed by atoms with E-state index in [1.54, 1.807) is 17.0 Å². The molecule has 0 radical (unpaired) electrons. The molecule has 1 amide bonds. The fraction of sp³-hybridized carbons (Fsp3) is 0.250. The topological polar surface area (TPSA) is 40.5 Å². The normalized spacial score (nSPS) is 10.1. The van der Waals surface area contributed by atoms with Gasteiger partial charge in [-0.2, -0.15) is 0 Å². The van der Waals surface area contributed by atoms with Crippen molar-refractivity contribution < 1.29 is 9.90 Å². The molecule has 0 fully saturated rings. The molecule has 1 rings (SSSR count). The quantitative estimate of drug-likeness (QED) is 0.818. The van der Waals surface area contributed by atoms with Crippen LogP contribution in [0.2, 0.25) is 0 Å². The number of rotatable bonds is 5. The first-order chi connectivity index (χ1) is 8.10. The Labute approximate surface area is 117 Å². The number of aliphatic hydroxyl groups excluding tert-OH is 1. The molecule has 0 aliphatic heterocycles. The van der Waals surface area contributed by atoms with Crippen LogP contribution in [0.5, 0.6) is 0 Å². The predicted octanol–water partition coefficient (Wildman–Crippen LogP) is 2.83. The van der Waals surface area contributed by atoms with Gasteiger partial charge in [0.15, 0.2) is 0 Å². The lowest BCUT2D eigenvalue weighted by molar-refractivity contribution is 0.0742. The first kappa shape index (κ1) is 14.4. The second kappa shape index (κ2) is 6.93. The van der Waals surface area contributed by atoms with Crippen LogP contribution in [0.3, 0.4) is 0 Å². The summed E-state index contributed by atoms with van der Waals surface area (Å²) in [5.74, 6) is -0.132. The molecule has 0 aromatic heterocycles. The lowest BCUT2D eigenvalue weighted by Crippen LogP contribution is -2.33. The molecule has 1 aromatic rings. The Bertz CT molecular complexity index is 421. The Balaban J connectivity index is 2.99. The van der Waals surface area contributed by atoms with Gasteiger partial charge in [0.05, 0.1) is 12.2 Å². The van der Waals surface area contributed by atoms with Crippen LogP contribution in [0.4, 0.5) is 0 Å². The zero-order valence-electron chi connectivity index (χ0n) is 9.20. The smallest absolute Gasteiger partial charge is 0.255 e. The van der Waals surface area contributed by atoms with Gasteiger partial charge >= 0.3 is 0 Å². The lowest BCUT2D eigenvalue weighted by Gasteiger charge is -2.20. The molecule has 1 aromatic carbocycles. The molecule has 0 saturated carbocycles. The molecule has 0 heterocycles. The zero-order chi connectivity index (χ0) is 12.8. The monoisotopic (exact) mass is 361 g/mol. The third kappa shape index (κ3) is 3.94. The summed E-state index contributed by atoms with van der Waals surface area (Å²) in [5.41, 5.74) is 0.565. The van der Waals surface area contributed by atoms with E-state index in [9.17, 15) is 4.79 Å². The van der Waals surface area contributed by atoms with Gasteiger partial charge in [0, 0.05) is 22.0 Å². The second-order valence-corrected chi connectivity index (χ2v) is 5.16. The van der Waals surface area contributed by atoms with Gasteiger partial charge in [-0.1, -0.05) is 22.0 Å². The average molecular weight is 363 g/mol. The average Bonchev–Trinajstić information content (AvgIpc) is 2.31. The molecular weight excluding hydrogens is 350 g/mol. The summed E-state index contributed by atoms with van der Waals surface area (Å²) in [5, 5.41) is 8.93. The van der Waals surface area contributed by atoms with Crippen LogP contribution in [-0.4, -0.2) is 35.6 Å². The maximum atomic E-state index is 12.2. The minimum Gasteiger partial charge on any atom is -0.395 e. The molecular formula is C12H13Br2NO2. The second-order valence-electron chi connectivity index (χ2n) is 3.39. The van der Waals surface area contributed by atoms with E-state index in [0.29, 0.717) is 18.7 Å². The number of nitrogens with zero attached hydrogens (tertiary/aromatic N) is 1. The minimum atomic E-state index is -0.132. The van der Waals surface area contributed by atoms with Gasteiger partial charge in [-0.3, -0.25) is 4.79 Å². The van der Waals surface area contributed by atoms with Gasteiger partial charge in [-0.25, -0.2) is 0 Å². The van der Waals surface area contributed by atoms with Crippen molar-refractivity contribution in [2.75, 3.05) is 19.7 Å². The van der Waals surface area contributed by atoms with Crippen LogP contribution in [0.15, 0.2) is 39.8 Å². The highest BCUT2D eigenvalue weighted by molar-refractivity contribution is 9.11. The number of hydrogen-bond acceptors (Lipinski definition) is 2. The van der Waals surface area contributed by atoms with Crippen molar-refractivity contribution in [3.8, 4) is 0 Å². The van der Waals surface area contributed by atoms with Gasteiger partial charge in [0.25, 0.3) is 5.91 Å². The highest BCUT2D eigenvalue weighted by Gasteiger charge is 2.17. The summed E-state index contributed by atoms with van der Waals surface area (Å²) < 4.78 is 1.57. The van der Waals surface area contributed by atoms with Gasteiger partial charge < -0.3 is 10.0 Å². The van der Waals surface area contributed by atoms with E-state index in [1.807, 2.05) is 12.1 Å². The number of benzene rings is 1. The molecule has 0 atom stereocenters. The Kier molecular flexibility index (Phi) is 5.88. The fourth-order valence-electron chi connectivity index (χ4n) is 1.38. The van der Waals surface area contributed by atoms with Crippen molar-refractivity contribution >= 4 is 37.8 Å². The molecule has 1 N–H and O–H groups in total. The highest BCUT2D eigenvalue weighted by Crippen LogP contribution is 2.22. The number of aliphatic hydroxyl groups is 1. The van der Waals surface area contributed by atoms with Crippen molar-refractivity contribution in [2.45, 2.75) is 0 Å². The molecule has 17 heavy (non-hydrogen) atoms. The van der Waals surface area contributed by atoms with Crippen molar-refractivity contribution in [1.29, 1.82) is 0 Å². The highest BCUT2D eigenvalue weighted by atomic mass is 79.9. The van der Waals surface area contributed by atoms with Crippen LogP contribution in [0.25, 0.3) is 0 Å². The molecule has 0 spiro atoms. The van der Waals surface area contributed by atoms with Gasteiger partial charge in [0.2, 0.25) is 0 Å². The predicted molar refractivity (Wildman–Crippen MR) is 75.0 cm³/mol. The van der Waals surface area contributed by atoms with Crippen molar-refractivity contribution in [3.63, 3.8) is 0 Å². The number of halogens is 2. The summed E-state index contributed by atoms with van der Waals surface area (Å²) in [6, 6.07) is 5.41. The maximum Gasteiger partial charge on any atom is 0.255 e. The third-order valence-corrected chi connectivity index (χ3v) is 3.35. The Morgan fingerprint density at radius 3 is 2.76 bits per heavy atom. The van der Waals surface area contributed by atoms with E-state index in [0.717, 1.165) is 8.95 Å². The number of carbonyl (C=O) groups excluding carboxylic acids is 1. The first-order valence-corrected chi connectivity index (χ1v) is 6.64. The molecule has 0 saturated heterocycles. The maximum absolute atomic E-state index is 12.2. The summed E-state index contributed by atoms with van der Waals surface area (Å²) >= 11 is 6.68. The van der Waals surface area contributed by atoms with Crippen LogP contribution in [0.1, 0.15) is 10.4 Å². The van der Waals surface area contributed by atoms with Crippen LogP contribution in [-0.2, 0) is 0 Å². The Morgan fingerprint density at radius 2 is 2.18 bits per heavy atom. The van der Waals surface area contributed by atoms with E-state index in [2.05, 4.69) is 38.4 Å². The van der Waals surface area contributed by atoms with E-state index >= 15 is 0 Å². The Hall–Kier alpha value is -0.650. The molecule has 92 valence electrons. The summed E-state index contributed by atoms with van der Waals surface area (Å²) in [7, 11) is 0. The fourth-order valence-corrected chi connectivity index (χ4v) is 2.16. The minimum absolute atomic E-state index is 0.0643. The standard InChI is InChI=1S/C12H13Br2NO2/c1-2-5-15(6-7-16)12(17)10-8-9(13)3-4-11(10)14/h2-4,8,16H,1,5-7H2. The molecule has 0 unspecified atom stereocenters. The van der Waals surface area contributed by atoms with E-state index in [1.165, 1.54) is 0 Å². The zero-order valence-corrected chi connectivity index (χ0v) is 12.4. The summed E-state index contributed by atoms with van der Waals surface area (Å²) in [6.45, 7) is 4.25. The SMILES string of the molecule is C=CCN(CCO)C(=O)c1cc(Br)ccc1Br. The summed E-state index contributed by atoms with van der Waals surface area (Å²) in [6.07, 6.45) is 1.64. The largest absolute Gasteiger partial charge is 0.395 e. The van der Waals surface area contributed by atoms with Crippen molar-refractivity contribution in [1.82, 2.24) is 4.90 Å². The van der Waals surface area contributed by atoms with Crippen LogP contribution in [0, 0.1) is 0 Å². The van der Waals surface area contributed by atoms with Gasteiger partial charge in [0.1, 0.15) is 0 Å². The number of hydrogen-bond donors (Lipinski definition) is 1. The van der Waals surface area contributed by atoms with E-state index < -0.39 is 0 Å². The lowest BCUT2D eigenvalue weighted by atomic mass is 10.2. The molecule has 0 bridgehead atoms. The van der Waals surface area contributed by atoms with Crippen LogP contribution < -0.4 is 0 Å². The molecule has 3 nitrogen and oxygen atoms in total. The van der Waals surface area contributed by atoms with Gasteiger partial charge in [-0.15, -0.1) is 6.58 Å². The molecule has 0 aliphatic carbocycles. The third-order valence-electron chi connectivity index (χ3n) is 2.17. The van der Waals surface area contributed by atoms with Gasteiger partial charge in [-0.05, 0) is 34.1 Å². The molecule has 0 aliphatic rings. The number of amides is 1. The molecule has 5 heteroatoms.